The zero-order chi connectivity index (χ0) is 17.0. The molecule has 1 amide bonds. The van der Waals surface area contributed by atoms with Crippen molar-refractivity contribution < 1.29 is 13.2 Å². The number of hydrogen-bond donors (Lipinski definition) is 1. The van der Waals surface area contributed by atoms with Gasteiger partial charge in [-0.3, -0.25) is 4.79 Å². The molecule has 1 aromatic carbocycles. The maximum atomic E-state index is 12.2. The van der Waals surface area contributed by atoms with Gasteiger partial charge in [0.1, 0.15) is 0 Å². The number of sulfonamides is 1. The second kappa shape index (κ2) is 7.61. The summed E-state index contributed by atoms with van der Waals surface area (Å²) in [4.78, 5) is 16.2. The maximum Gasteiger partial charge on any atom is 0.241 e. The summed E-state index contributed by atoms with van der Waals surface area (Å²) >= 11 is 5.90. The van der Waals surface area contributed by atoms with Gasteiger partial charge >= 0.3 is 0 Å². The van der Waals surface area contributed by atoms with E-state index in [-0.39, 0.29) is 17.3 Å². The van der Waals surface area contributed by atoms with Crippen molar-refractivity contribution in [1.29, 1.82) is 0 Å². The summed E-state index contributed by atoms with van der Waals surface area (Å²) < 4.78 is 26.9. The summed E-state index contributed by atoms with van der Waals surface area (Å²) in [6.45, 7) is 7.47. The second-order valence-electron chi connectivity index (χ2n) is 5.55. The van der Waals surface area contributed by atoms with Crippen LogP contribution < -0.4 is 4.72 Å². The number of benzene rings is 1. The Morgan fingerprint density at radius 3 is 2.48 bits per heavy atom. The Hall–Kier alpha value is -1.15. The zero-order valence-corrected chi connectivity index (χ0v) is 15.0. The molecule has 1 N–H and O–H groups in total. The minimum atomic E-state index is -3.72. The van der Waals surface area contributed by atoms with E-state index in [1.165, 1.54) is 18.2 Å². The highest BCUT2D eigenvalue weighted by Gasteiger charge is 2.22. The lowest BCUT2D eigenvalue weighted by Gasteiger charge is -2.34. The highest BCUT2D eigenvalue weighted by molar-refractivity contribution is 7.89. The number of rotatable bonds is 5. The number of piperazine rings is 1. The smallest absolute Gasteiger partial charge is 0.241 e. The third-order valence-corrected chi connectivity index (χ3v) is 5.85. The minimum absolute atomic E-state index is 0.114. The topological polar surface area (TPSA) is 69.7 Å². The molecule has 1 aliphatic heterocycles. The lowest BCUT2D eigenvalue weighted by molar-refractivity contribution is -0.131. The first-order valence-corrected chi connectivity index (χ1v) is 9.45. The fourth-order valence-electron chi connectivity index (χ4n) is 2.45. The van der Waals surface area contributed by atoms with Gasteiger partial charge < -0.3 is 9.80 Å². The molecule has 0 aliphatic carbocycles. The van der Waals surface area contributed by atoms with Gasteiger partial charge in [-0.15, -0.1) is 0 Å². The molecule has 2 rings (SSSR count). The van der Waals surface area contributed by atoms with Crippen LogP contribution in [0.4, 0.5) is 0 Å². The van der Waals surface area contributed by atoms with Gasteiger partial charge in [0.2, 0.25) is 15.9 Å². The summed E-state index contributed by atoms with van der Waals surface area (Å²) in [6.07, 6.45) is 0. The van der Waals surface area contributed by atoms with Crippen molar-refractivity contribution in [3.05, 3.63) is 28.8 Å². The van der Waals surface area contributed by atoms with Gasteiger partial charge in [-0.25, -0.2) is 13.1 Å². The molecule has 0 bridgehead atoms. The predicted octanol–water partition coefficient (Wildman–Crippen LogP) is 1.09. The van der Waals surface area contributed by atoms with E-state index in [0.29, 0.717) is 23.7 Å². The third kappa shape index (κ3) is 4.67. The van der Waals surface area contributed by atoms with Crippen LogP contribution in [0.5, 0.6) is 0 Å². The summed E-state index contributed by atoms with van der Waals surface area (Å²) in [6, 6.07) is 4.47. The van der Waals surface area contributed by atoms with Crippen LogP contribution in [0.2, 0.25) is 5.02 Å². The normalized spacial score (nSPS) is 16.6. The molecule has 1 fully saturated rings. The van der Waals surface area contributed by atoms with E-state index >= 15 is 0 Å². The van der Waals surface area contributed by atoms with Crippen molar-refractivity contribution in [3.63, 3.8) is 0 Å². The number of aryl methyl sites for hydroxylation is 1. The molecule has 6 nitrogen and oxygen atoms in total. The number of hydrogen-bond acceptors (Lipinski definition) is 4. The van der Waals surface area contributed by atoms with Crippen LogP contribution in [0.3, 0.4) is 0 Å². The van der Waals surface area contributed by atoms with Crippen LogP contribution in [-0.2, 0) is 14.8 Å². The third-order valence-electron chi connectivity index (χ3n) is 4.03. The Morgan fingerprint density at radius 2 is 1.91 bits per heavy atom. The monoisotopic (exact) mass is 359 g/mol. The molecule has 0 aromatic heterocycles. The Bertz CT molecular complexity index is 671. The van der Waals surface area contributed by atoms with Gasteiger partial charge in [0.05, 0.1) is 11.4 Å². The fraction of sp³-hybridized carbons (Fsp3) is 0.533. The standard InChI is InChI=1S/C15H22ClN3O3S/c1-3-18-6-8-19(9-7-18)15(20)11-17-23(21,22)13-4-5-14(16)12(2)10-13/h4-5,10,17H,3,6-9,11H2,1-2H3. The highest BCUT2D eigenvalue weighted by Crippen LogP contribution is 2.19. The number of nitrogens with one attached hydrogen (secondary N) is 1. The maximum absolute atomic E-state index is 12.2. The summed E-state index contributed by atoms with van der Waals surface area (Å²) in [7, 11) is -3.72. The number of likely N-dealkylation sites (N-methyl/N-ethyl adjacent to an activating group) is 1. The van der Waals surface area contributed by atoms with E-state index in [1.807, 2.05) is 0 Å². The van der Waals surface area contributed by atoms with Gasteiger partial charge in [0.15, 0.2) is 0 Å². The number of halogens is 1. The van der Waals surface area contributed by atoms with Crippen molar-refractivity contribution in [1.82, 2.24) is 14.5 Å². The molecule has 0 spiro atoms. The second-order valence-corrected chi connectivity index (χ2v) is 7.72. The zero-order valence-electron chi connectivity index (χ0n) is 13.4. The van der Waals surface area contributed by atoms with Crippen molar-refractivity contribution in [2.75, 3.05) is 39.3 Å². The van der Waals surface area contributed by atoms with Crippen molar-refractivity contribution >= 4 is 27.5 Å². The molecular weight excluding hydrogens is 338 g/mol. The van der Waals surface area contributed by atoms with E-state index in [1.54, 1.807) is 11.8 Å². The van der Waals surface area contributed by atoms with Crippen LogP contribution in [-0.4, -0.2) is 63.4 Å². The lowest BCUT2D eigenvalue weighted by atomic mass is 10.2. The van der Waals surface area contributed by atoms with E-state index in [0.717, 1.165) is 19.6 Å². The molecule has 23 heavy (non-hydrogen) atoms. The molecule has 0 saturated carbocycles. The largest absolute Gasteiger partial charge is 0.339 e. The first kappa shape index (κ1) is 18.2. The molecule has 8 heteroatoms. The number of carbonyl (C=O) groups is 1. The highest BCUT2D eigenvalue weighted by atomic mass is 35.5. The van der Waals surface area contributed by atoms with Crippen molar-refractivity contribution in [2.45, 2.75) is 18.7 Å². The van der Waals surface area contributed by atoms with E-state index < -0.39 is 10.0 Å². The molecular formula is C15H22ClN3O3S. The van der Waals surface area contributed by atoms with Crippen LogP contribution in [0.1, 0.15) is 12.5 Å². The SMILES string of the molecule is CCN1CCN(C(=O)CNS(=O)(=O)c2ccc(Cl)c(C)c2)CC1. The molecule has 1 aliphatic rings. The van der Waals surface area contributed by atoms with E-state index in [4.69, 9.17) is 11.6 Å². The molecule has 128 valence electrons. The number of carbonyl (C=O) groups excluding carboxylic acids is 1. The average molecular weight is 360 g/mol. The summed E-state index contributed by atoms with van der Waals surface area (Å²) in [5.41, 5.74) is 0.677. The predicted molar refractivity (Wildman–Crippen MR) is 90.1 cm³/mol. The van der Waals surface area contributed by atoms with Crippen molar-refractivity contribution in [2.24, 2.45) is 0 Å². The van der Waals surface area contributed by atoms with Crippen LogP contribution in [0, 0.1) is 6.92 Å². The van der Waals surface area contributed by atoms with Gasteiger partial charge in [-0.2, -0.15) is 0 Å². The first-order chi connectivity index (χ1) is 10.8. The summed E-state index contributed by atoms with van der Waals surface area (Å²) in [5.74, 6) is -0.199. The van der Waals surface area contributed by atoms with Gasteiger partial charge in [0, 0.05) is 31.2 Å². The van der Waals surface area contributed by atoms with Crippen molar-refractivity contribution in [3.8, 4) is 0 Å². The lowest BCUT2D eigenvalue weighted by Crippen LogP contribution is -2.51. The Labute approximate surface area is 142 Å². The van der Waals surface area contributed by atoms with Crippen LogP contribution in [0.15, 0.2) is 23.1 Å². The van der Waals surface area contributed by atoms with Gasteiger partial charge in [0.25, 0.3) is 0 Å². The van der Waals surface area contributed by atoms with Crippen LogP contribution in [0.25, 0.3) is 0 Å². The number of nitrogens with zero attached hydrogens (tertiary/aromatic N) is 2. The molecule has 0 unspecified atom stereocenters. The molecule has 1 aromatic rings. The quantitative estimate of drug-likeness (QED) is 0.854. The summed E-state index contributed by atoms with van der Waals surface area (Å²) in [5, 5.41) is 0.508. The molecule has 1 saturated heterocycles. The first-order valence-electron chi connectivity index (χ1n) is 7.59. The Morgan fingerprint density at radius 1 is 1.26 bits per heavy atom. The van der Waals surface area contributed by atoms with Gasteiger partial charge in [-0.05, 0) is 37.2 Å². The van der Waals surface area contributed by atoms with Crippen LogP contribution >= 0.6 is 11.6 Å². The van der Waals surface area contributed by atoms with E-state index in [9.17, 15) is 13.2 Å². The minimum Gasteiger partial charge on any atom is -0.339 e. The molecule has 0 atom stereocenters. The Kier molecular flexibility index (Phi) is 6.02. The molecule has 1 heterocycles. The molecule has 0 radical (unpaired) electrons. The fourth-order valence-corrected chi connectivity index (χ4v) is 3.63. The number of amides is 1. The van der Waals surface area contributed by atoms with E-state index in [2.05, 4.69) is 16.5 Å². The Balaban J connectivity index is 1.94. The average Bonchev–Trinajstić information content (AvgIpc) is 2.55. The van der Waals surface area contributed by atoms with Gasteiger partial charge in [-0.1, -0.05) is 18.5 Å².